The molecule has 9 nitrogen and oxygen atoms in total. The summed E-state index contributed by atoms with van der Waals surface area (Å²) in [5.41, 5.74) is 2.39. The zero-order chi connectivity index (χ0) is 25.3. The van der Waals surface area contributed by atoms with Crippen molar-refractivity contribution in [2.45, 2.75) is 48.8 Å². The first kappa shape index (κ1) is 24.7. The minimum absolute atomic E-state index is 0.125. The van der Waals surface area contributed by atoms with Crippen molar-refractivity contribution in [3.8, 4) is 0 Å². The zero-order valence-corrected chi connectivity index (χ0v) is 20.3. The Bertz CT molecular complexity index is 1290. The molecule has 0 aliphatic carbocycles. The lowest BCUT2D eigenvalue weighted by Gasteiger charge is -2.46. The van der Waals surface area contributed by atoms with E-state index in [1.165, 1.54) is 12.1 Å². The van der Waals surface area contributed by atoms with E-state index in [0.717, 1.165) is 11.1 Å². The molecule has 2 aliphatic rings. The average molecular weight is 513 g/mol. The maximum Gasteiger partial charge on any atom is 0.261 e. The fourth-order valence-corrected chi connectivity index (χ4v) is 5.36. The summed E-state index contributed by atoms with van der Waals surface area (Å²) in [6.45, 7) is 2.02. The number of anilines is 2. The van der Waals surface area contributed by atoms with Gasteiger partial charge in [-0.2, -0.15) is 0 Å². The Hall–Kier alpha value is -2.99. The molecular formula is C26H28N2O7S. The van der Waals surface area contributed by atoms with Crippen LogP contribution in [0.15, 0.2) is 83.8 Å². The SMILES string of the molecule is Cc1ccc(S(=O)(=O)Nc2ccccc2N[C@@H]2O[C@@H]3COC(c4ccccc4)O[C@H]3[C@H](O)[C@H]2O)cc1. The van der Waals surface area contributed by atoms with E-state index in [0.29, 0.717) is 5.69 Å². The number of ether oxygens (including phenoxy) is 3. The molecule has 5 rings (SSSR count). The third-order valence-electron chi connectivity index (χ3n) is 6.25. The summed E-state index contributed by atoms with van der Waals surface area (Å²) in [7, 11) is -3.85. The largest absolute Gasteiger partial charge is 0.387 e. The predicted molar refractivity (Wildman–Crippen MR) is 133 cm³/mol. The molecule has 0 aromatic heterocycles. The zero-order valence-electron chi connectivity index (χ0n) is 19.5. The Morgan fingerprint density at radius 1 is 0.833 bits per heavy atom. The summed E-state index contributed by atoms with van der Waals surface area (Å²) in [5.74, 6) is 0. The maximum atomic E-state index is 12.9. The summed E-state index contributed by atoms with van der Waals surface area (Å²) >= 11 is 0. The minimum Gasteiger partial charge on any atom is -0.387 e. The molecule has 36 heavy (non-hydrogen) atoms. The molecule has 0 saturated carbocycles. The van der Waals surface area contributed by atoms with Crippen LogP contribution in [0, 0.1) is 6.92 Å². The third kappa shape index (κ3) is 5.10. The van der Waals surface area contributed by atoms with Crippen LogP contribution in [0.3, 0.4) is 0 Å². The Balaban J connectivity index is 1.30. The van der Waals surface area contributed by atoms with Crippen molar-refractivity contribution in [1.29, 1.82) is 0 Å². The second kappa shape index (κ2) is 10.2. The van der Waals surface area contributed by atoms with Gasteiger partial charge >= 0.3 is 0 Å². The van der Waals surface area contributed by atoms with Gasteiger partial charge in [0, 0.05) is 5.56 Å². The smallest absolute Gasteiger partial charge is 0.261 e. The number of sulfonamides is 1. The molecule has 2 aliphatic heterocycles. The summed E-state index contributed by atoms with van der Waals surface area (Å²) < 4.78 is 46.1. The lowest BCUT2D eigenvalue weighted by molar-refractivity contribution is -0.325. The number of hydrogen-bond donors (Lipinski definition) is 4. The van der Waals surface area contributed by atoms with Crippen LogP contribution >= 0.6 is 0 Å². The number of rotatable bonds is 6. The molecule has 0 spiro atoms. The van der Waals surface area contributed by atoms with E-state index in [1.807, 2.05) is 37.3 Å². The fraction of sp³-hybridized carbons (Fsp3) is 0.308. The lowest BCUT2D eigenvalue weighted by Crippen LogP contribution is -2.63. The fourth-order valence-electron chi connectivity index (χ4n) is 4.28. The first-order chi connectivity index (χ1) is 17.3. The Morgan fingerprint density at radius 2 is 1.50 bits per heavy atom. The molecule has 2 saturated heterocycles. The first-order valence-corrected chi connectivity index (χ1v) is 13.1. The average Bonchev–Trinajstić information content (AvgIpc) is 2.88. The van der Waals surface area contributed by atoms with Crippen LogP contribution in [0.5, 0.6) is 0 Å². The van der Waals surface area contributed by atoms with Crippen LogP contribution in [-0.4, -0.2) is 55.9 Å². The quantitative estimate of drug-likeness (QED) is 0.397. The van der Waals surface area contributed by atoms with Crippen molar-refractivity contribution in [1.82, 2.24) is 0 Å². The van der Waals surface area contributed by atoms with E-state index < -0.39 is 47.0 Å². The van der Waals surface area contributed by atoms with Gasteiger partial charge in [-0.05, 0) is 31.2 Å². The number of hydrogen-bond acceptors (Lipinski definition) is 8. The number of aliphatic hydroxyl groups excluding tert-OH is 2. The minimum atomic E-state index is -3.85. The van der Waals surface area contributed by atoms with E-state index in [1.54, 1.807) is 36.4 Å². The van der Waals surface area contributed by atoms with E-state index in [4.69, 9.17) is 14.2 Å². The molecule has 2 fully saturated rings. The monoisotopic (exact) mass is 512 g/mol. The number of benzene rings is 3. The van der Waals surface area contributed by atoms with Gasteiger partial charge in [0.25, 0.3) is 10.0 Å². The van der Waals surface area contributed by atoms with Crippen molar-refractivity contribution < 1.29 is 32.8 Å². The Morgan fingerprint density at radius 3 is 2.22 bits per heavy atom. The van der Waals surface area contributed by atoms with Crippen LogP contribution in [0.2, 0.25) is 0 Å². The van der Waals surface area contributed by atoms with Crippen LogP contribution in [0.1, 0.15) is 17.4 Å². The molecule has 10 heteroatoms. The van der Waals surface area contributed by atoms with Gasteiger partial charge in [0.1, 0.15) is 24.4 Å². The van der Waals surface area contributed by atoms with Crippen LogP contribution in [0.4, 0.5) is 11.4 Å². The molecular weight excluding hydrogens is 484 g/mol. The Labute approximate surface area is 209 Å². The summed E-state index contributed by atoms with van der Waals surface area (Å²) in [6, 6.07) is 22.5. The van der Waals surface area contributed by atoms with Gasteiger partial charge in [0.05, 0.1) is 22.9 Å². The van der Waals surface area contributed by atoms with Crippen LogP contribution in [-0.2, 0) is 24.2 Å². The normalized spacial score (nSPS) is 28.2. The third-order valence-corrected chi connectivity index (χ3v) is 7.63. The second-order valence-corrected chi connectivity index (χ2v) is 10.5. The highest BCUT2D eigenvalue weighted by Crippen LogP contribution is 2.35. The number of para-hydroxylation sites is 2. The molecule has 0 amide bonds. The standard InChI is InChI=1S/C26H28N2O7S/c1-16-11-13-18(14-12-16)36(31,32)28-20-10-6-5-9-19(20)27-25-23(30)22(29)24-21(34-25)15-33-26(35-24)17-7-3-2-4-8-17/h2-14,21-30H,15H2,1H3/t21-,22-,23-,24-,25-,26?/m1/s1. The van der Waals surface area contributed by atoms with Crippen molar-refractivity contribution >= 4 is 21.4 Å². The summed E-state index contributed by atoms with van der Waals surface area (Å²) in [6.07, 6.45) is -5.76. The number of fused-ring (bicyclic) bond motifs is 1. The van der Waals surface area contributed by atoms with E-state index in [-0.39, 0.29) is 17.2 Å². The first-order valence-electron chi connectivity index (χ1n) is 11.6. The highest BCUT2D eigenvalue weighted by atomic mass is 32.2. The highest BCUT2D eigenvalue weighted by Gasteiger charge is 2.49. The predicted octanol–water partition coefficient (Wildman–Crippen LogP) is 2.77. The summed E-state index contributed by atoms with van der Waals surface area (Å²) in [4.78, 5) is 0.125. The summed E-state index contributed by atoms with van der Waals surface area (Å²) in [5, 5.41) is 24.7. The van der Waals surface area contributed by atoms with Crippen molar-refractivity contribution in [2.75, 3.05) is 16.6 Å². The number of nitrogens with one attached hydrogen (secondary N) is 2. The van der Waals surface area contributed by atoms with E-state index >= 15 is 0 Å². The molecule has 0 bridgehead atoms. The van der Waals surface area contributed by atoms with Gasteiger partial charge < -0.3 is 29.7 Å². The van der Waals surface area contributed by atoms with Crippen molar-refractivity contribution in [3.05, 3.63) is 90.0 Å². The highest BCUT2D eigenvalue weighted by molar-refractivity contribution is 7.92. The number of aliphatic hydroxyl groups is 2. The van der Waals surface area contributed by atoms with Crippen molar-refractivity contribution in [3.63, 3.8) is 0 Å². The second-order valence-electron chi connectivity index (χ2n) is 8.86. The molecule has 190 valence electrons. The van der Waals surface area contributed by atoms with Crippen LogP contribution in [0.25, 0.3) is 0 Å². The van der Waals surface area contributed by atoms with Crippen molar-refractivity contribution in [2.24, 2.45) is 0 Å². The van der Waals surface area contributed by atoms with E-state index in [2.05, 4.69) is 10.0 Å². The lowest BCUT2D eigenvalue weighted by atomic mass is 9.97. The van der Waals surface area contributed by atoms with Gasteiger partial charge in [0.2, 0.25) is 0 Å². The van der Waals surface area contributed by atoms with Gasteiger partial charge in [-0.15, -0.1) is 0 Å². The van der Waals surface area contributed by atoms with Crippen LogP contribution < -0.4 is 10.0 Å². The maximum absolute atomic E-state index is 12.9. The number of aryl methyl sites for hydroxylation is 1. The molecule has 3 aromatic carbocycles. The van der Waals surface area contributed by atoms with Gasteiger partial charge in [-0.3, -0.25) is 4.72 Å². The molecule has 0 radical (unpaired) electrons. The van der Waals surface area contributed by atoms with E-state index in [9.17, 15) is 18.6 Å². The topological polar surface area (TPSA) is 126 Å². The molecule has 1 unspecified atom stereocenters. The Kier molecular flexibility index (Phi) is 6.98. The van der Waals surface area contributed by atoms with Gasteiger partial charge in [0.15, 0.2) is 12.5 Å². The molecule has 4 N–H and O–H groups in total. The van der Waals surface area contributed by atoms with Gasteiger partial charge in [-0.25, -0.2) is 8.42 Å². The molecule has 6 atom stereocenters. The molecule has 2 heterocycles. The van der Waals surface area contributed by atoms with Gasteiger partial charge in [-0.1, -0.05) is 60.2 Å². The molecule has 3 aromatic rings.